The van der Waals surface area contributed by atoms with E-state index in [1.54, 1.807) is 17.1 Å². The zero-order valence-electron chi connectivity index (χ0n) is 12.0. The van der Waals surface area contributed by atoms with Gasteiger partial charge in [-0.2, -0.15) is 5.10 Å². The van der Waals surface area contributed by atoms with E-state index in [4.69, 9.17) is 0 Å². The topological polar surface area (TPSA) is 68.5 Å². The van der Waals surface area contributed by atoms with Crippen LogP contribution >= 0.6 is 0 Å². The molecule has 0 aliphatic heterocycles. The molecule has 3 aromatic heterocycles. The van der Waals surface area contributed by atoms with E-state index < -0.39 is 0 Å². The molecule has 1 N–H and O–H groups in total. The Morgan fingerprint density at radius 3 is 2.86 bits per heavy atom. The highest BCUT2D eigenvalue weighted by atomic mass is 15.3. The minimum absolute atomic E-state index is 0.597. The molecule has 6 heteroatoms. The number of aryl methyl sites for hydroxylation is 2. The zero-order chi connectivity index (χ0) is 14.7. The molecular formula is C15H16N6. The summed E-state index contributed by atoms with van der Waals surface area (Å²) in [5.41, 5.74) is 3.92. The smallest absolute Gasteiger partial charge is 0.223 e. The van der Waals surface area contributed by atoms with E-state index >= 15 is 0 Å². The fourth-order valence-corrected chi connectivity index (χ4v) is 2.13. The van der Waals surface area contributed by atoms with Crippen molar-refractivity contribution in [1.29, 1.82) is 0 Å². The summed E-state index contributed by atoms with van der Waals surface area (Å²) in [4.78, 5) is 12.9. The largest absolute Gasteiger partial charge is 0.350 e. The predicted octanol–water partition coefficient (Wildman–Crippen LogP) is 2.19. The number of hydrogen-bond donors (Lipinski definition) is 1. The second-order valence-electron chi connectivity index (χ2n) is 4.78. The van der Waals surface area contributed by atoms with Crippen LogP contribution in [0.1, 0.15) is 11.3 Å². The molecule has 0 spiro atoms. The van der Waals surface area contributed by atoms with Gasteiger partial charge in [-0.1, -0.05) is 6.07 Å². The number of hydrogen-bond acceptors (Lipinski definition) is 5. The molecule has 0 atom stereocenters. The maximum atomic E-state index is 4.54. The molecule has 0 bridgehead atoms. The number of nitrogens with one attached hydrogen (secondary N) is 1. The van der Waals surface area contributed by atoms with Crippen LogP contribution in [0.15, 0.2) is 43.0 Å². The summed E-state index contributed by atoms with van der Waals surface area (Å²) in [5, 5.41) is 7.55. The summed E-state index contributed by atoms with van der Waals surface area (Å²) in [5.74, 6) is 0.597. The Morgan fingerprint density at radius 1 is 1.24 bits per heavy atom. The van der Waals surface area contributed by atoms with Gasteiger partial charge >= 0.3 is 0 Å². The summed E-state index contributed by atoms with van der Waals surface area (Å²) < 4.78 is 1.79. The van der Waals surface area contributed by atoms with Crippen LogP contribution in [0.25, 0.3) is 11.3 Å². The van der Waals surface area contributed by atoms with Gasteiger partial charge in [-0.15, -0.1) is 0 Å². The molecule has 0 fully saturated rings. The molecule has 6 nitrogen and oxygen atoms in total. The molecule has 0 saturated carbocycles. The van der Waals surface area contributed by atoms with Crippen LogP contribution in [0, 0.1) is 6.92 Å². The van der Waals surface area contributed by atoms with Crippen LogP contribution in [0.3, 0.4) is 0 Å². The first kappa shape index (κ1) is 13.2. The van der Waals surface area contributed by atoms with Crippen molar-refractivity contribution < 1.29 is 0 Å². The van der Waals surface area contributed by atoms with Gasteiger partial charge in [0.25, 0.3) is 0 Å². The highest BCUT2D eigenvalue weighted by molar-refractivity contribution is 5.61. The highest BCUT2D eigenvalue weighted by Gasteiger charge is 2.08. The molecule has 3 heterocycles. The maximum Gasteiger partial charge on any atom is 0.223 e. The first-order valence-corrected chi connectivity index (χ1v) is 6.69. The average molecular weight is 280 g/mol. The van der Waals surface area contributed by atoms with Crippen LogP contribution < -0.4 is 5.32 Å². The molecule has 0 saturated heterocycles. The number of aromatic nitrogens is 5. The Morgan fingerprint density at radius 2 is 2.14 bits per heavy atom. The summed E-state index contributed by atoms with van der Waals surface area (Å²) in [6.07, 6.45) is 7.29. The van der Waals surface area contributed by atoms with E-state index in [0.717, 1.165) is 22.5 Å². The van der Waals surface area contributed by atoms with Gasteiger partial charge in [0.2, 0.25) is 5.95 Å². The van der Waals surface area contributed by atoms with Crippen LogP contribution in [0.4, 0.5) is 5.95 Å². The lowest BCUT2D eigenvalue weighted by Gasteiger charge is -2.06. The lowest BCUT2D eigenvalue weighted by atomic mass is 10.2. The lowest BCUT2D eigenvalue weighted by molar-refractivity contribution is 0.756. The molecule has 3 rings (SSSR count). The van der Waals surface area contributed by atoms with Crippen molar-refractivity contribution in [2.75, 3.05) is 5.32 Å². The quantitative estimate of drug-likeness (QED) is 0.793. The molecule has 0 amide bonds. The zero-order valence-corrected chi connectivity index (χ0v) is 12.0. The van der Waals surface area contributed by atoms with E-state index in [0.29, 0.717) is 12.5 Å². The van der Waals surface area contributed by atoms with Crippen molar-refractivity contribution in [1.82, 2.24) is 24.7 Å². The summed E-state index contributed by atoms with van der Waals surface area (Å²) in [6.45, 7) is 2.61. The molecule has 3 aromatic rings. The standard InChI is InChI=1S/C15H16N6/c1-11-13(10-21(2)20-11)14-5-7-17-15(19-14)18-9-12-4-3-6-16-8-12/h3-8,10H,9H2,1-2H3,(H,17,18,19). The van der Waals surface area contributed by atoms with E-state index in [1.807, 2.05) is 44.6 Å². The summed E-state index contributed by atoms with van der Waals surface area (Å²) in [6, 6.07) is 5.81. The molecule has 106 valence electrons. The Bertz CT molecular complexity index is 735. The Labute approximate surface area is 122 Å². The van der Waals surface area contributed by atoms with Crippen molar-refractivity contribution in [2.24, 2.45) is 7.05 Å². The minimum atomic E-state index is 0.597. The number of anilines is 1. The second kappa shape index (κ2) is 5.70. The number of rotatable bonds is 4. The van der Waals surface area contributed by atoms with E-state index in [9.17, 15) is 0 Å². The first-order valence-electron chi connectivity index (χ1n) is 6.69. The van der Waals surface area contributed by atoms with Gasteiger partial charge in [0.15, 0.2) is 0 Å². The fraction of sp³-hybridized carbons (Fsp3) is 0.200. The van der Waals surface area contributed by atoms with Gasteiger partial charge in [-0.25, -0.2) is 9.97 Å². The molecule has 0 aromatic carbocycles. The third-order valence-electron chi connectivity index (χ3n) is 3.12. The Kier molecular flexibility index (Phi) is 3.59. The monoisotopic (exact) mass is 280 g/mol. The second-order valence-corrected chi connectivity index (χ2v) is 4.78. The van der Waals surface area contributed by atoms with Crippen LogP contribution in [-0.2, 0) is 13.6 Å². The molecule has 0 unspecified atom stereocenters. The van der Waals surface area contributed by atoms with E-state index in [2.05, 4.69) is 25.4 Å². The first-order chi connectivity index (χ1) is 10.2. The van der Waals surface area contributed by atoms with Crippen LogP contribution in [-0.4, -0.2) is 24.7 Å². The van der Waals surface area contributed by atoms with Crippen molar-refractivity contribution in [2.45, 2.75) is 13.5 Å². The SMILES string of the molecule is Cc1nn(C)cc1-c1ccnc(NCc2cccnc2)n1. The molecule has 0 radical (unpaired) electrons. The van der Waals surface area contributed by atoms with Gasteiger partial charge in [-0.05, 0) is 24.6 Å². The Balaban J connectivity index is 1.79. The van der Waals surface area contributed by atoms with Crippen molar-refractivity contribution >= 4 is 5.95 Å². The van der Waals surface area contributed by atoms with E-state index in [1.165, 1.54) is 0 Å². The molecule has 0 aliphatic rings. The Hall–Kier alpha value is -2.76. The van der Waals surface area contributed by atoms with Gasteiger partial charge in [0.1, 0.15) is 0 Å². The van der Waals surface area contributed by atoms with E-state index in [-0.39, 0.29) is 0 Å². The lowest BCUT2D eigenvalue weighted by Crippen LogP contribution is -2.04. The summed E-state index contributed by atoms with van der Waals surface area (Å²) in [7, 11) is 1.90. The van der Waals surface area contributed by atoms with Gasteiger partial charge < -0.3 is 5.32 Å². The third-order valence-corrected chi connectivity index (χ3v) is 3.12. The minimum Gasteiger partial charge on any atom is -0.350 e. The van der Waals surface area contributed by atoms with Gasteiger partial charge in [-0.3, -0.25) is 9.67 Å². The number of pyridine rings is 1. The molecule has 21 heavy (non-hydrogen) atoms. The van der Waals surface area contributed by atoms with Crippen molar-refractivity contribution in [3.8, 4) is 11.3 Å². The normalized spacial score (nSPS) is 10.6. The predicted molar refractivity (Wildman–Crippen MR) is 80.5 cm³/mol. The molecular weight excluding hydrogens is 264 g/mol. The van der Waals surface area contributed by atoms with Crippen molar-refractivity contribution in [3.05, 3.63) is 54.2 Å². The van der Waals surface area contributed by atoms with Gasteiger partial charge in [0.05, 0.1) is 11.4 Å². The molecule has 0 aliphatic carbocycles. The van der Waals surface area contributed by atoms with Gasteiger partial charge in [0, 0.05) is 43.9 Å². The number of nitrogens with zero attached hydrogens (tertiary/aromatic N) is 5. The van der Waals surface area contributed by atoms with Crippen molar-refractivity contribution in [3.63, 3.8) is 0 Å². The van der Waals surface area contributed by atoms with Crippen LogP contribution in [0.5, 0.6) is 0 Å². The third kappa shape index (κ3) is 3.05. The average Bonchev–Trinajstić information content (AvgIpc) is 2.85. The fourth-order valence-electron chi connectivity index (χ4n) is 2.13. The summed E-state index contributed by atoms with van der Waals surface area (Å²) >= 11 is 0. The highest BCUT2D eigenvalue weighted by Crippen LogP contribution is 2.20. The van der Waals surface area contributed by atoms with Crippen LogP contribution in [0.2, 0.25) is 0 Å². The maximum absolute atomic E-state index is 4.54.